The lowest BCUT2D eigenvalue weighted by molar-refractivity contribution is 0.584. The molecule has 0 unspecified atom stereocenters. The molecule has 6 nitrogen and oxygen atoms in total. The number of pyridine rings is 4. The zero-order chi connectivity index (χ0) is 25.1. The molecule has 7 aromatic rings. The van der Waals surface area contributed by atoms with Crippen LogP contribution in [-0.2, 0) is 0 Å². The third-order valence-electron chi connectivity index (χ3n) is 6.36. The third kappa shape index (κ3) is 3.82. The highest BCUT2D eigenvalue weighted by atomic mass is 79.9. The van der Waals surface area contributed by atoms with Crippen LogP contribution in [0.1, 0.15) is 0 Å². The van der Waals surface area contributed by atoms with Crippen molar-refractivity contribution >= 4 is 54.1 Å². The Morgan fingerprint density at radius 3 is 2.27 bits per heavy atom. The Kier molecular flexibility index (Phi) is 5.16. The normalized spacial score (nSPS) is 11.6. The van der Waals surface area contributed by atoms with Gasteiger partial charge in [0.1, 0.15) is 11.3 Å². The summed E-state index contributed by atoms with van der Waals surface area (Å²) in [6.07, 6.45) is 11.0. The average molecular weight is 614 g/mol. The average Bonchev–Trinajstić information content (AvgIpc) is 3.52. The fourth-order valence-electron chi connectivity index (χ4n) is 4.60. The number of nitrogens with zero attached hydrogens (tertiary/aromatic N) is 6. The van der Waals surface area contributed by atoms with Gasteiger partial charge < -0.3 is 0 Å². The summed E-state index contributed by atoms with van der Waals surface area (Å²) in [7, 11) is 0. The fraction of sp³-hybridized carbons (Fsp3) is 0. The van der Waals surface area contributed by atoms with Crippen molar-refractivity contribution < 1.29 is 4.39 Å². The first-order valence-corrected chi connectivity index (χ1v) is 12.9. The summed E-state index contributed by atoms with van der Waals surface area (Å²) in [6.45, 7) is 0. The molecule has 9 heteroatoms. The first-order chi connectivity index (χ1) is 18.0. The lowest BCUT2D eigenvalue weighted by Crippen LogP contribution is -1.93. The van der Waals surface area contributed by atoms with Crippen LogP contribution in [0.2, 0.25) is 0 Å². The molecule has 0 atom stereocenters. The Morgan fingerprint density at radius 1 is 0.622 bits per heavy atom. The van der Waals surface area contributed by atoms with Crippen molar-refractivity contribution in [1.82, 2.24) is 28.7 Å². The lowest BCUT2D eigenvalue weighted by Gasteiger charge is -2.09. The smallest absolute Gasteiger partial charge is 0.212 e. The van der Waals surface area contributed by atoms with Gasteiger partial charge in [-0.2, -0.15) is 4.39 Å². The van der Waals surface area contributed by atoms with E-state index < -0.39 is 5.95 Å². The van der Waals surface area contributed by atoms with Crippen molar-refractivity contribution in [2.75, 3.05) is 0 Å². The number of rotatable bonds is 3. The van der Waals surface area contributed by atoms with Crippen LogP contribution >= 0.6 is 31.9 Å². The van der Waals surface area contributed by atoms with Crippen LogP contribution in [0.4, 0.5) is 4.39 Å². The predicted octanol–water partition coefficient (Wildman–Crippen LogP) is 7.59. The van der Waals surface area contributed by atoms with E-state index in [4.69, 9.17) is 4.98 Å². The van der Waals surface area contributed by atoms with Crippen molar-refractivity contribution in [1.29, 1.82) is 0 Å². The molecule has 0 saturated carbocycles. The summed E-state index contributed by atoms with van der Waals surface area (Å²) < 4.78 is 19.3. The van der Waals surface area contributed by atoms with E-state index in [1.165, 1.54) is 12.3 Å². The van der Waals surface area contributed by atoms with Crippen LogP contribution in [0.25, 0.3) is 55.8 Å². The van der Waals surface area contributed by atoms with Gasteiger partial charge in [0, 0.05) is 55.8 Å². The molecule has 0 saturated heterocycles. The number of imidazole rings is 2. The first-order valence-electron chi connectivity index (χ1n) is 11.4. The summed E-state index contributed by atoms with van der Waals surface area (Å²) in [5, 5.41) is 1.03. The van der Waals surface area contributed by atoms with Crippen molar-refractivity contribution in [2.24, 2.45) is 0 Å². The summed E-state index contributed by atoms with van der Waals surface area (Å²) >= 11 is 7.18. The molecule has 0 radical (unpaired) electrons. The van der Waals surface area contributed by atoms with Gasteiger partial charge in [-0.25, -0.2) is 15.0 Å². The summed E-state index contributed by atoms with van der Waals surface area (Å²) in [6, 6.07) is 17.4. The van der Waals surface area contributed by atoms with E-state index >= 15 is 0 Å². The quantitative estimate of drug-likeness (QED) is 0.193. The largest absolute Gasteiger partial charge is 0.298 e. The van der Waals surface area contributed by atoms with E-state index in [2.05, 4.69) is 71.1 Å². The zero-order valence-electron chi connectivity index (χ0n) is 19.0. The molecule has 0 aliphatic carbocycles. The van der Waals surface area contributed by atoms with E-state index in [-0.39, 0.29) is 0 Å². The van der Waals surface area contributed by atoms with E-state index in [1.807, 2.05) is 51.8 Å². The minimum atomic E-state index is -0.513. The van der Waals surface area contributed by atoms with Crippen LogP contribution in [0.3, 0.4) is 0 Å². The maximum atomic E-state index is 13.4. The van der Waals surface area contributed by atoms with Gasteiger partial charge in [-0.15, -0.1) is 0 Å². The van der Waals surface area contributed by atoms with Gasteiger partial charge in [0.05, 0.1) is 29.3 Å². The van der Waals surface area contributed by atoms with E-state index in [0.717, 1.165) is 64.8 Å². The van der Waals surface area contributed by atoms with Gasteiger partial charge in [-0.05, 0) is 79.9 Å². The van der Waals surface area contributed by atoms with Crippen molar-refractivity contribution in [3.8, 4) is 33.6 Å². The Morgan fingerprint density at radius 2 is 1.41 bits per heavy atom. The molecule has 0 amide bonds. The first kappa shape index (κ1) is 22.3. The van der Waals surface area contributed by atoms with Crippen molar-refractivity contribution in [3.63, 3.8) is 0 Å². The van der Waals surface area contributed by atoms with E-state index in [9.17, 15) is 4.39 Å². The SMILES string of the molecule is Fc1ccc(-c2cnc3c(-c4ccc5cc(-c6cnc7ccc(Br)cn67)cnc5c4)cc(Br)cn23)cn1. The minimum Gasteiger partial charge on any atom is -0.298 e. The second-order valence-electron chi connectivity index (χ2n) is 8.63. The molecule has 0 bridgehead atoms. The second-order valence-corrected chi connectivity index (χ2v) is 10.5. The second kappa shape index (κ2) is 8.57. The Labute approximate surface area is 226 Å². The van der Waals surface area contributed by atoms with Gasteiger partial charge in [0.2, 0.25) is 5.95 Å². The Bertz CT molecular complexity index is 1980. The molecule has 0 aliphatic heterocycles. The maximum Gasteiger partial charge on any atom is 0.212 e. The standard InChI is InChI=1S/C28H15Br2FN6/c29-20-4-6-27-34-12-25(36(27)14-20)19-7-17-2-1-16(8-23(17)32-11-19)22-9-21(30)15-37-24(13-35-28(22)37)18-3-5-26(31)33-10-18/h1-15H. The molecule has 178 valence electrons. The van der Waals surface area contributed by atoms with Crippen molar-refractivity contribution in [3.05, 3.63) is 107 Å². The Hall–Kier alpha value is -3.95. The number of fused-ring (bicyclic) bond motifs is 3. The number of hydrogen-bond donors (Lipinski definition) is 0. The highest BCUT2D eigenvalue weighted by Gasteiger charge is 2.14. The highest BCUT2D eigenvalue weighted by Crippen LogP contribution is 2.33. The summed E-state index contributed by atoms with van der Waals surface area (Å²) in [4.78, 5) is 17.8. The number of aromatic nitrogens is 6. The lowest BCUT2D eigenvalue weighted by atomic mass is 10.0. The van der Waals surface area contributed by atoms with E-state index in [0.29, 0.717) is 0 Å². The van der Waals surface area contributed by atoms with Gasteiger partial charge in [-0.1, -0.05) is 12.1 Å². The van der Waals surface area contributed by atoms with E-state index in [1.54, 1.807) is 12.3 Å². The Balaban J connectivity index is 1.33. The molecule has 1 aromatic carbocycles. The number of halogens is 3. The molecule has 7 rings (SSSR count). The third-order valence-corrected chi connectivity index (χ3v) is 7.26. The molecule has 0 N–H and O–H groups in total. The molecular weight excluding hydrogens is 599 g/mol. The van der Waals surface area contributed by atoms with Gasteiger partial charge in [0.15, 0.2) is 0 Å². The molecule has 37 heavy (non-hydrogen) atoms. The van der Waals surface area contributed by atoms with Gasteiger partial charge in [-0.3, -0.25) is 13.8 Å². The zero-order valence-corrected chi connectivity index (χ0v) is 22.1. The number of benzene rings is 1. The van der Waals surface area contributed by atoms with Crippen LogP contribution in [0.5, 0.6) is 0 Å². The summed E-state index contributed by atoms with van der Waals surface area (Å²) in [5.41, 5.74) is 8.06. The topological polar surface area (TPSA) is 60.4 Å². The minimum absolute atomic E-state index is 0.513. The monoisotopic (exact) mass is 612 g/mol. The molecule has 0 aliphatic rings. The fourth-order valence-corrected chi connectivity index (χ4v) is 5.38. The van der Waals surface area contributed by atoms with Crippen LogP contribution in [0, 0.1) is 5.95 Å². The molecule has 6 aromatic heterocycles. The van der Waals surface area contributed by atoms with Crippen LogP contribution < -0.4 is 0 Å². The van der Waals surface area contributed by atoms with Crippen LogP contribution in [-0.4, -0.2) is 28.7 Å². The van der Waals surface area contributed by atoms with Crippen LogP contribution in [0.15, 0.2) is 101 Å². The van der Waals surface area contributed by atoms with Gasteiger partial charge >= 0.3 is 0 Å². The molecular formula is C28H15Br2FN6. The highest BCUT2D eigenvalue weighted by molar-refractivity contribution is 9.10. The molecule has 6 heterocycles. The number of hydrogen-bond acceptors (Lipinski definition) is 4. The molecule has 0 spiro atoms. The summed E-state index contributed by atoms with van der Waals surface area (Å²) in [5.74, 6) is -0.513. The maximum absolute atomic E-state index is 13.4. The molecule has 0 fully saturated rings. The van der Waals surface area contributed by atoms with Gasteiger partial charge in [0.25, 0.3) is 0 Å². The van der Waals surface area contributed by atoms with Crippen molar-refractivity contribution in [2.45, 2.75) is 0 Å². The predicted molar refractivity (Wildman–Crippen MR) is 149 cm³/mol.